The molecule has 0 saturated heterocycles. The van der Waals surface area contributed by atoms with Crippen molar-refractivity contribution in [2.75, 3.05) is 6.54 Å². The van der Waals surface area contributed by atoms with E-state index < -0.39 is 0 Å². The van der Waals surface area contributed by atoms with Crippen LogP contribution in [0.5, 0.6) is 0 Å². The summed E-state index contributed by atoms with van der Waals surface area (Å²) < 4.78 is 1.90. The molecular formula is C21H21N3O. The van der Waals surface area contributed by atoms with E-state index in [1.807, 2.05) is 59.8 Å². The zero-order valence-electron chi connectivity index (χ0n) is 14.6. The molecule has 0 radical (unpaired) electrons. The minimum Gasteiger partial charge on any atom is -0.334 e. The van der Waals surface area contributed by atoms with Crippen molar-refractivity contribution in [3.8, 4) is 5.69 Å². The molecule has 25 heavy (non-hydrogen) atoms. The number of hydrogen-bond donors (Lipinski definition) is 0. The second-order valence-corrected chi connectivity index (χ2v) is 6.63. The fourth-order valence-electron chi connectivity index (χ4n) is 3.49. The van der Waals surface area contributed by atoms with Gasteiger partial charge in [-0.05, 0) is 61.7 Å². The number of aryl methyl sites for hydroxylation is 2. The molecule has 0 fully saturated rings. The van der Waals surface area contributed by atoms with E-state index in [0.717, 1.165) is 35.6 Å². The molecule has 4 nitrogen and oxygen atoms in total. The number of benzene rings is 2. The van der Waals surface area contributed by atoms with Crippen molar-refractivity contribution in [2.24, 2.45) is 0 Å². The van der Waals surface area contributed by atoms with Crippen LogP contribution in [0.2, 0.25) is 0 Å². The van der Waals surface area contributed by atoms with E-state index in [0.29, 0.717) is 6.54 Å². The summed E-state index contributed by atoms with van der Waals surface area (Å²) >= 11 is 0. The summed E-state index contributed by atoms with van der Waals surface area (Å²) in [7, 11) is 0. The smallest absolute Gasteiger partial charge is 0.254 e. The number of nitrogens with zero attached hydrogens (tertiary/aromatic N) is 3. The maximum atomic E-state index is 12.8. The number of amides is 1. The first-order chi connectivity index (χ1) is 12.1. The summed E-state index contributed by atoms with van der Waals surface area (Å²) in [5.74, 6) is 0.0921. The lowest BCUT2D eigenvalue weighted by Crippen LogP contribution is -2.35. The number of fused-ring (bicyclic) bond motifs is 1. The third-order valence-electron chi connectivity index (χ3n) is 4.79. The Hall–Kier alpha value is -2.88. The lowest BCUT2D eigenvalue weighted by molar-refractivity contribution is 0.0734. The van der Waals surface area contributed by atoms with Crippen molar-refractivity contribution in [1.29, 1.82) is 0 Å². The topological polar surface area (TPSA) is 38.1 Å². The average Bonchev–Trinajstić information content (AvgIpc) is 2.99. The largest absolute Gasteiger partial charge is 0.334 e. The standard InChI is InChI=1S/C21H21N3O/c1-15-13-16(2)24(22-15)20-9-7-18(8-10-20)21(25)23-12-11-17-5-3-4-6-19(17)14-23/h3-10,13H,11-12,14H2,1-2H3. The molecule has 1 amide bonds. The van der Waals surface area contributed by atoms with Crippen molar-refractivity contribution >= 4 is 5.91 Å². The molecule has 0 spiro atoms. The maximum absolute atomic E-state index is 12.8. The Kier molecular flexibility index (Phi) is 3.88. The highest BCUT2D eigenvalue weighted by atomic mass is 16.2. The molecule has 3 aromatic rings. The summed E-state index contributed by atoms with van der Waals surface area (Å²) in [6.07, 6.45) is 0.922. The summed E-state index contributed by atoms with van der Waals surface area (Å²) in [4.78, 5) is 14.8. The van der Waals surface area contributed by atoms with Crippen molar-refractivity contribution in [3.05, 3.63) is 82.7 Å². The highest BCUT2D eigenvalue weighted by Gasteiger charge is 2.21. The van der Waals surface area contributed by atoms with Gasteiger partial charge in [0.25, 0.3) is 5.91 Å². The van der Waals surface area contributed by atoms with Crippen LogP contribution in [0, 0.1) is 13.8 Å². The van der Waals surface area contributed by atoms with Crippen LogP contribution in [0.15, 0.2) is 54.6 Å². The van der Waals surface area contributed by atoms with Gasteiger partial charge in [0.15, 0.2) is 0 Å². The molecule has 0 saturated carbocycles. The monoisotopic (exact) mass is 331 g/mol. The highest BCUT2D eigenvalue weighted by molar-refractivity contribution is 5.94. The molecule has 0 bridgehead atoms. The number of hydrogen-bond acceptors (Lipinski definition) is 2. The molecule has 2 aromatic carbocycles. The first-order valence-corrected chi connectivity index (χ1v) is 8.61. The molecule has 1 aliphatic heterocycles. The minimum atomic E-state index is 0.0921. The second-order valence-electron chi connectivity index (χ2n) is 6.63. The van der Waals surface area contributed by atoms with Crippen molar-refractivity contribution in [2.45, 2.75) is 26.8 Å². The van der Waals surface area contributed by atoms with E-state index in [1.165, 1.54) is 11.1 Å². The van der Waals surface area contributed by atoms with Crippen LogP contribution >= 0.6 is 0 Å². The van der Waals surface area contributed by atoms with E-state index in [9.17, 15) is 4.79 Å². The molecule has 1 aromatic heterocycles. The molecule has 126 valence electrons. The van der Waals surface area contributed by atoms with Crippen LogP contribution in [0.1, 0.15) is 32.9 Å². The van der Waals surface area contributed by atoms with Crippen LogP contribution in [-0.4, -0.2) is 27.1 Å². The second kappa shape index (κ2) is 6.20. The normalized spacial score (nSPS) is 13.6. The number of carbonyl (C=O) groups excluding carboxylic acids is 1. The molecule has 0 unspecified atom stereocenters. The lowest BCUT2D eigenvalue weighted by Gasteiger charge is -2.29. The third-order valence-corrected chi connectivity index (χ3v) is 4.79. The zero-order valence-corrected chi connectivity index (χ0v) is 14.6. The average molecular weight is 331 g/mol. The summed E-state index contributed by atoms with van der Waals surface area (Å²) in [6.45, 7) is 5.48. The van der Waals surface area contributed by atoms with Gasteiger partial charge in [-0.1, -0.05) is 24.3 Å². The Bertz CT molecular complexity index is 925. The van der Waals surface area contributed by atoms with E-state index >= 15 is 0 Å². The van der Waals surface area contributed by atoms with Gasteiger partial charge in [0.05, 0.1) is 11.4 Å². The first kappa shape index (κ1) is 15.6. The third kappa shape index (κ3) is 2.95. The van der Waals surface area contributed by atoms with Crippen LogP contribution < -0.4 is 0 Å². The van der Waals surface area contributed by atoms with Crippen LogP contribution in [0.3, 0.4) is 0 Å². The predicted molar refractivity (Wildman–Crippen MR) is 97.9 cm³/mol. The molecule has 0 atom stereocenters. The predicted octanol–water partition coefficient (Wildman–Crippen LogP) is 3.69. The number of carbonyl (C=O) groups is 1. The van der Waals surface area contributed by atoms with E-state index in [-0.39, 0.29) is 5.91 Å². The van der Waals surface area contributed by atoms with Crippen molar-refractivity contribution in [3.63, 3.8) is 0 Å². The molecular weight excluding hydrogens is 310 g/mol. The van der Waals surface area contributed by atoms with Gasteiger partial charge < -0.3 is 4.90 Å². The van der Waals surface area contributed by atoms with Gasteiger partial charge in [0, 0.05) is 24.3 Å². The van der Waals surface area contributed by atoms with Crippen LogP contribution in [0.25, 0.3) is 5.69 Å². The van der Waals surface area contributed by atoms with Gasteiger partial charge in [-0.15, -0.1) is 0 Å². The SMILES string of the molecule is Cc1cc(C)n(-c2ccc(C(=O)N3CCc4ccccc4C3)cc2)n1. The first-order valence-electron chi connectivity index (χ1n) is 8.61. The van der Waals surface area contributed by atoms with Gasteiger partial charge in [-0.2, -0.15) is 5.10 Å². The van der Waals surface area contributed by atoms with E-state index in [2.05, 4.69) is 23.3 Å². The summed E-state index contributed by atoms with van der Waals surface area (Å²) in [5.41, 5.74) is 6.39. The van der Waals surface area contributed by atoms with Gasteiger partial charge in [0.1, 0.15) is 0 Å². The fourth-order valence-corrected chi connectivity index (χ4v) is 3.49. The van der Waals surface area contributed by atoms with Crippen LogP contribution in [-0.2, 0) is 13.0 Å². The molecule has 4 rings (SSSR count). The number of rotatable bonds is 2. The lowest BCUT2D eigenvalue weighted by atomic mass is 9.99. The summed E-state index contributed by atoms with van der Waals surface area (Å²) in [5, 5.41) is 4.49. The Morgan fingerprint density at radius 1 is 1.00 bits per heavy atom. The van der Waals surface area contributed by atoms with Gasteiger partial charge in [0.2, 0.25) is 0 Å². The molecule has 0 aliphatic carbocycles. The molecule has 2 heterocycles. The number of aromatic nitrogens is 2. The van der Waals surface area contributed by atoms with Gasteiger partial charge in [-0.25, -0.2) is 4.68 Å². The Morgan fingerprint density at radius 3 is 2.40 bits per heavy atom. The Balaban J connectivity index is 1.54. The van der Waals surface area contributed by atoms with Crippen LogP contribution in [0.4, 0.5) is 0 Å². The zero-order chi connectivity index (χ0) is 17.4. The van der Waals surface area contributed by atoms with Gasteiger partial charge >= 0.3 is 0 Å². The van der Waals surface area contributed by atoms with E-state index in [4.69, 9.17) is 0 Å². The molecule has 4 heteroatoms. The Labute approximate surface area is 147 Å². The van der Waals surface area contributed by atoms with E-state index in [1.54, 1.807) is 0 Å². The molecule has 1 aliphatic rings. The quantitative estimate of drug-likeness (QED) is 0.718. The van der Waals surface area contributed by atoms with Gasteiger partial charge in [-0.3, -0.25) is 4.79 Å². The minimum absolute atomic E-state index is 0.0921. The molecule has 0 N–H and O–H groups in total. The van der Waals surface area contributed by atoms with Crippen molar-refractivity contribution in [1.82, 2.24) is 14.7 Å². The fraction of sp³-hybridized carbons (Fsp3) is 0.238. The highest BCUT2D eigenvalue weighted by Crippen LogP contribution is 2.21. The summed E-state index contributed by atoms with van der Waals surface area (Å²) in [6, 6.07) is 18.1. The van der Waals surface area contributed by atoms with Crippen molar-refractivity contribution < 1.29 is 4.79 Å². The maximum Gasteiger partial charge on any atom is 0.254 e. The Morgan fingerprint density at radius 2 is 1.72 bits per heavy atom.